The van der Waals surface area contributed by atoms with Crippen LogP contribution in [0.1, 0.15) is 13.3 Å². The molecule has 0 amide bonds. The van der Waals surface area contributed by atoms with Crippen LogP contribution in [-0.4, -0.2) is 32.0 Å². The van der Waals surface area contributed by atoms with Gasteiger partial charge in [-0.1, -0.05) is 27.5 Å². The van der Waals surface area contributed by atoms with Crippen molar-refractivity contribution in [1.82, 2.24) is 0 Å². The van der Waals surface area contributed by atoms with Crippen molar-refractivity contribution in [2.45, 2.75) is 31.6 Å². The lowest BCUT2D eigenvalue weighted by Crippen LogP contribution is -2.56. The standard InChI is InChI=1S/C13H17BrClNO2/c1-3-18-12-7-11(13(12)17-2)16-10-6-8(14)4-5-9(10)15/h4-6,11-13,16H,3,7H2,1-2H3. The van der Waals surface area contributed by atoms with Crippen LogP contribution in [-0.2, 0) is 9.47 Å². The maximum atomic E-state index is 6.15. The summed E-state index contributed by atoms with van der Waals surface area (Å²) in [6.45, 7) is 2.72. The van der Waals surface area contributed by atoms with Crippen molar-refractivity contribution >= 4 is 33.2 Å². The van der Waals surface area contributed by atoms with E-state index in [2.05, 4.69) is 21.2 Å². The highest BCUT2D eigenvalue weighted by atomic mass is 79.9. The van der Waals surface area contributed by atoms with E-state index in [1.165, 1.54) is 0 Å². The minimum Gasteiger partial charge on any atom is -0.378 e. The quantitative estimate of drug-likeness (QED) is 0.890. The van der Waals surface area contributed by atoms with Gasteiger partial charge < -0.3 is 14.8 Å². The third kappa shape index (κ3) is 2.99. The number of anilines is 1. The highest BCUT2D eigenvalue weighted by Crippen LogP contribution is 2.33. The van der Waals surface area contributed by atoms with Crippen LogP contribution in [0.25, 0.3) is 0 Å². The SMILES string of the molecule is CCOC1CC(Nc2cc(Br)ccc2Cl)C1OC. The fourth-order valence-electron chi connectivity index (χ4n) is 2.22. The minimum absolute atomic E-state index is 0.0833. The fraction of sp³-hybridized carbons (Fsp3) is 0.538. The number of ether oxygens (including phenoxy) is 2. The lowest BCUT2D eigenvalue weighted by Gasteiger charge is -2.43. The predicted molar refractivity (Wildman–Crippen MR) is 77.4 cm³/mol. The zero-order valence-corrected chi connectivity index (χ0v) is 12.8. The molecule has 0 aromatic heterocycles. The largest absolute Gasteiger partial charge is 0.378 e. The molecule has 0 heterocycles. The van der Waals surface area contributed by atoms with Gasteiger partial charge in [-0.2, -0.15) is 0 Å². The minimum atomic E-state index is 0.0833. The molecule has 0 bridgehead atoms. The molecule has 3 atom stereocenters. The first-order chi connectivity index (χ1) is 8.65. The molecular formula is C13H17BrClNO2. The van der Waals surface area contributed by atoms with Crippen LogP contribution in [0.4, 0.5) is 5.69 Å². The normalized spacial score (nSPS) is 26.8. The van der Waals surface area contributed by atoms with Crippen molar-refractivity contribution in [3.8, 4) is 0 Å². The number of benzene rings is 1. The van der Waals surface area contributed by atoms with Crippen molar-refractivity contribution in [1.29, 1.82) is 0 Å². The number of methoxy groups -OCH3 is 1. The molecule has 0 radical (unpaired) electrons. The van der Waals surface area contributed by atoms with Crippen LogP contribution in [0.3, 0.4) is 0 Å². The van der Waals surface area contributed by atoms with Crippen molar-refractivity contribution < 1.29 is 9.47 Å². The lowest BCUT2D eigenvalue weighted by atomic mass is 9.85. The van der Waals surface area contributed by atoms with Gasteiger partial charge in [0.2, 0.25) is 0 Å². The molecule has 3 nitrogen and oxygen atoms in total. The molecule has 1 aromatic carbocycles. The molecule has 1 aromatic rings. The Kier molecular flexibility index (Phi) is 4.90. The summed E-state index contributed by atoms with van der Waals surface area (Å²) in [7, 11) is 1.72. The Bertz CT molecular complexity index is 416. The molecule has 100 valence electrons. The summed E-state index contributed by atoms with van der Waals surface area (Å²) < 4.78 is 12.1. The molecule has 1 saturated carbocycles. The average Bonchev–Trinajstić information content (AvgIpc) is 2.32. The topological polar surface area (TPSA) is 30.5 Å². The molecule has 1 aliphatic rings. The van der Waals surface area contributed by atoms with Gasteiger partial charge in [0, 0.05) is 18.2 Å². The highest BCUT2D eigenvalue weighted by molar-refractivity contribution is 9.10. The molecule has 5 heteroatoms. The second kappa shape index (κ2) is 6.24. The van der Waals surface area contributed by atoms with Crippen molar-refractivity contribution in [3.63, 3.8) is 0 Å². The second-order valence-corrected chi connectivity index (χ2v) is 5.63. The third-order valence-corrected chi connectivity index (χ3v) is 3.99. The summed E-state index contributed by atoms with van der Waals surface area (Å²) in [5.41, 5.74) is 0.924. The van der Waals surface area contributed by atoms with E-state index < -0.39 is 0 Å². The smallest absolute Gasteiger partial charge is 0.103 e. The number of nitrogens with one attached hydrogen (secondary N) is 1. The maximum absolute atomic E-state index is 6.15. The summed E-state index contributed by atoms with van der Waals surface area (Å²) in [6, 6.07) is 6.01. The summed E-state index contributed by atoms with van der Waals surface area (Å²) in [5, 5.41) is 4.13. The van der Waals surface area contributed by atoms with Crippen molar-refractivity contribution in [2.24, 2.45) is 0 Å². The van der Waals surface area contributed by atoms with Gasteiger partial charge in [0.05, 0.1) is 22.9 Å². The van der Waals surface area contributed by atoms with Crippen molar-refractivity contribution in [2.75, 3.05) is 19.0 Å². The molecule has 18 heavy (non-hydrogen) atoms. The van der Waals surface area contributed by atoms with E-state index in [-0.39, 0.29) is 18.2 Å². The first-order valence-corrected chi connectivity index (χ1v) is 7.18. The van der Waals surface area contributed by atoms with E-state index in [9.17, 15) is 0 Å². The predicted octanol–water partition coefficient (Wildman–Crippen LogP) is 3.71. The molecular weight excluding hydrogens is 318 g/mol. The Balaban J connectivity index is 2.00. The summed E-state index contributed by atoms with van der Waals surface area (Å²) in [5.74, 6) is 0. The monoisotopic (exact) mass is 333 g/mol. The highest BCUT2D eigenvalue weighted by Gasteiger charge is 2.42. The number of hydrogen-bond acceptors (Lipinski definition) is 3. The van der Waals surface area contributed by atoms with E-state index in [0.29, 0.717) is 5.02 Å². The van der Waals surface area contributed by atoms with Crippen LogP contribution >= 0.6 is 27.5 Å². The summed E-state index contributed by atoms with van der Waals surface area (Å²) >= 11 is 9.59. The van der Waals surface area contributed by atoms with Gasteiger partial charge in [-0.25, -0.2) is 0 Å². The number of hydrogen-bond donors (Lipinski definition) is 1. The Hall–Kier alpha value is -0.290. The van der Waals surface area contributed by atoms with Crippen LogP contribution in [0.2, 0.25) is 5.02 Å². The Labute approximate surface area is 121 Å². The number of rotatable bonds is 5. The van der Waals surface area contributed by atoms with Gasteiger partial charge in [0.1, 0.15) is 6.10 Å². The fourth-order valence-corrected chi connectivity index (χ4v) is 2.76. The average molecular weight is 335 g/mol. The lowest BCUT2D eigenvalue weighted by molar-refractivity contribution is -0.118. The van der Waals surface area contributed by atoms with E-state index >= 15 is 0 Å². The van der Waals surface area contributed by atoms with Gasteiger partial charge in [0.25, 0.3) is 0 Å². The molecule has 1 N–H and O–H groups in total. The van der Waals surface area contributed by atoms with Crippen LogP contribution in [0.15, 0.2) is 22.7 Å². The third-order valence-electron chi connectivity index (χ3n) is 3.17. The number of halogens is 2. The first kappa shape index (κ1) is 14.1. The molecule has 3 unspecified atom stereocenters. The van der Waals surface area contributed by atoms with Crippen LogP contribution in [0.5, 0.6) is 0 Å². The molecule has 1 fully saturated rings. The van der Waals surface area contributed by atoms with Crippen LogP contribution in [0, 0.1) is 0 Å². The van der Waals surface area contributed by atoms with E-state index in [1.807, 2.05) is 25.1 Å². The van der Waals surface area contributed by atoms with Gasteiger partial charge >= 0.3 is 0 Å². The second-order valence-electron chi connectivity index (χ2n) is 4.30. The summed E-state index contributed by atoms with van der Waals surface area (Å²) in [6.07, 6.45) is 1.21. The van der Waals surface area contributed by atoms with E-state index in [0.717, 1.165) is 23.2 Å². The molecule has 2 rings (SSSR count). The summed E-state index contributed by atoms with van der Waals surface area (Å²) in [4.78, 5) is 0. The Morgan fingerprint density at radius 2 is 2.28 bits per heavy atom. The zero-order valence-electron chi connectivity index (χ0n) is 10.5. The van der Waals surface area contributed by atoms with Gasteiger partial charge in [0.15, 0.2) is 0 Å². The molecule has 1 aliphatic carbocycles. The molecule has 0 aliphatic heterocycles. The van der Waals surface area contributed by atoms with E-state index in [4.69, 9.17) is 21.1 Å². The maximum Gasteiger partial charge on any atom is 0.103 e. The first-order valence-electron chi connectivity index (χ1n) is 6.01. The molecule has 0 saturated heterocycles. The Morgan fingerprint density at radius 1 is 1.50 bits per heavy atom. The van der Waals surface area contributed by atoms with Gasteiger partial charge in [-0.05, 0) is 31.5 Å². The van der Waals surface area contributed by atoms with E-state index in [1.54, 1.807) is 7.11 Å². The van der Waals surface area contributed by atoms with Crippen LogP contribution < -0.4 is 5.32 Å². The van der Waals surface area contributed by atoms with Gasteiger partial charge in [-0.15, -0.1) is 0 Å². The zero-order chi connectivity index (χ0) is 13.1. The Morgan fingerprint density at radius 3 is 2.94 bits per heavy atom. The molecule has 0 spiro atoms. The van der Waals surface area contributed by atoms with Gasteiger partial charge in [-0.3, -0.25) is 0 Å². The van der Waals surface area contributed by atoms with Crippen molar-refractivity contribution in [3.05, 3.63) is 27.7 Å².